The molecule has 4 aromatic rings. The molecule has 0 saturated carbocycles. The molecule has 18 nitrogen and oxygen atoms in total. The van der Waals surface area contributed by atoms with Gasteiger partial charge >= 0.3 is 30.3 Å². The number of nitrogens with two attached hydrogens (primary N) is 1. The monoisotopic (exact) mass is 991 g/mol. The number of carboxylic acids is 1. The SMILES string of the molecule is CC(C)N(C(=O)COc1nnc(C(F)(F)F)s1)c1ccc(F)cc1.CCOC(=O)COC(=O)c1cc(Oc2ccc(C(F)(F)F)cc2Cl)ccc1[N+](=O)[O-].CP(=O)(O)CCC(N)C(=O)O. The Labute approximate surface area is 372 Å². The minimum atomic E-state index is -4.61. The fraction of sp³-hybridized carbons (Fsp3) is 0.351. The van der Waals surface area contributed by atoms with Crippen molar-refractivity contribution >= 4 is 65.5 Å². The molecule has 0 fully saturated rings. The van der Waals surface area contributed by atoms with Gasteiger partial charge in [0.05, 0.1) is 22.1 Å². The Kier molecular flexibility index (Phi) is 20.7. The summed E-state index contributed by atoms with van der Waals surface area (Å²) in [6, 6.07) is 9.34. The third-order valence-electron chi connectivity index (χ3n) is 7.53. The number of halogens is 8. The first-order chi connectivity index (χ1) is 30.0. The predicted molar refractivity (Wildman–Crippen MR) is 217 cm³/mol. The summed E-state index contributed by atoms with van der Waals surface area (Å²) in [5.41, 5.74) is 3.38. The molecule has 3 aromatic carbocycles. The molecule has 28 heteroatoms. The van der Waals surface area contributed by atoms with E-state index in [9.17, 15) is 64.6 Å². The van der Waals surface area contributed by atoms with Gasteiger partial charge in [-0.2, -0.15) is 26.3 Å². The van der Waals surface area contributed by atoms with E-state index in [-0.39, 0.29) is 58.3 Å². The zero-order valence-electron chi connectivity index (χ0n) is 34.1. The van der Waals surface area contributed by atoms with Crippen LogP contribution in [0.3, 0.4) is 0 Å². The smallest absolute Gasteiger partial charge is 0.445 e. The Morgan fingerprint density at radius 2 is 1.60 bits per heavy atom. The van der Waals surface area contributed by atoms with Crippen LogP contribution in [0.15, 0.2) is 60.7 Å². The van der Waals surface area contributed by atoms with Gasteiger partial charge in [0.15, 0.2) is 20.6 Å². The topological polar surface area (TPSA) is 261 Å². The lowest BCUT2D eigenvalue weighted by Gasteiger charge is -2.26. The highest BCUT2D eigenvalue weighted by Gasteiger charge is 2.36. The molecule has 0 aliphatic rings. The molecule has 65 heavy (non-hydrogen) atoms. The molecule has 4 rings (SSSR count). The standard InChI is InChI=1S/C18H13ClF3NO7.C14H13F4N3O2S.C5H12NO4P/c1-2-28-16(24)9-29-17(25)12-8-11(4-5-14(12)23(26)27)30-15-6-3-10(7-13(15)19)18(20,21)22;1-8(2)21(10-5-3-9(15)4-6-10)11(22)7-23-13-20-19-12(24-13)14(16,17)18;1-11(9,10)3-2-4(6)5(7)8/h3-8H,2,9H2,1H3;3-6,8H,7H2,1-2H3;4H,2-3,6H2,1H3,(H,7,8)(H,9,10). The van der Waals surface area contributed by atoms with Crippen LogP contribution in [0.25, 0.3) is 0 Å². The number of alkyl halides is 6. The molecule has 1 amide bonds. The Bertz CT molecular complexity index is 2330. The van der Waals surface area contributed by atoms with Crippen LogP contribution < -0.4 is 20.1 Å². The average molecular weight is 992 g/mol. The number of hydrogen-bond acceptors (Lipinski definition) is 15. The van der Waals surface area contributed by atoms with Crippen molar-refractivity contribution in [2.45, 2.75) is 51.6 Å². The summed E-state index contributed by atoms with van der Waals surface area (Å²) >= 11 is 6.02. The summed E-state index contributed by atoms with van der Waals surface area (Å²) in [5, 5.41) is 23.8. The highest BCUT2D eigenvalue weighted by Crippen LogP contribution is 2.38. The molecule has 0 saturated heterocycles. The van der Waals surface area contributed by atoms with Gasteiger partial charge < -0.3 is 39.6 Å². The number of aromatic nitrogens is 2. The van der Waals surface area contributed by atoms with Gasteiger partial charge in [0, 0.05) is 36.7 Å². The number of ether oxygens (including phenoxy) is 4. The first-order valence-electron chi connectivity index (χ1n) is 18.1. The normalized spacial score (nSPS) is 12.5. The van der Waals surface area contributed by atoms with Gasteiger partial charge in [-0.1, -0.05) is 28.0 Å². The van der Waals surface area contributed by atoms with Crippen molar-refractivity contribution in [2.24, 2.45) is 5.73 Å². The van der Waals surface area contributed by atoms with Gasteiger partial charge in [0.1, 0.15) is 28.9 Å². The highest BCUT2D eigenvalue weighted by atomic mass is 35.5. The fourth-order valence-electron chi connectivity index (χ4n) is 4.60. The zero-order valence-corrected chi connectivity index (χ0v) is 36.6. The second kappa shape index (κ2) is 24.4. The summed E-state index contributed by atoms with van der Waals surface area (Å²) in [7, 11) is -3.10. The zero-order chi connectivity index (χ0) is 49.4. The second-order valence-electron chi connectivity index (χ2n) is 13.1. The number of nitrogens with zero attached hydrogens (tertiary/aromatic N) is 4. The number of hydrogen-bond donors (Lipinski definition) is 3. The first kappa shape index (κ1) is 55.2. The van der Waals surface area contributed by atoms with Gasteiger partial charge in [-0.25, -0.2) is 14.0 Å². The van der Waals surface area contributed by atoms with E-state index in [0.29, 0.717) is 11.8 Å². The molecule has 0 aliphatic carbocycles. The van der Waals surface area contributed by atoms with Crippen LogP contribution in [0.1, 0.15) is 48.1 Å². The van der Waals surface area contributed by atoms with Gasteiger partial charge in [-0.15, -0.1) is 5.10 Å². The van der Waals surface area contributed by atoms with Gasteiger partial charge in [-0.3, -0.25) is 24.3 Å². The van der Waals surface area contributed by atoms with Crippen LogP contribution in [-0.4, -0.2) is 93.7 Å². The molecule has 4 N–H and O–H groups in total. The third kappa shape index (κ3) is 19.0. The molecule has 0 spiro atoms. The molecule has 1 heterocycles. The number of aliphatic carboxylic acids is 1. The van der Waals surface area contributed by atoms with Crippen LogP contribution in [0.2, 0.25) is 5.02 Å². The number of amides is 1. The van der Waals surface area contributed by atoms with Crippen molar-refractivity contribution in [3.8, 4) is 16.7 Å². The summed E-state index contributed by atoms with van der Waals surface area (Å²) in [6.07, 6.45) is -9.22. The lowest BCUT2D eigenvalue weighted by atomic mass is 10.1. The van der Waals surface area contributed by atoms with Crippen molar-refractivity contribution in [2.75, 3.05) is 37.5 Å². The first-order valence-corrected chi connectivity index (χ1v) is 21.6. The summed E-state index contributed by atoms with van der Waals surface area (Å²) in [5.74, 6) is -4.44. The largest absolute Gasteiger partial charge is 0.480 e. The summed E-state index contributed by atoms with van der Waals surface area (Å²) < 4.78 is 119. The van der Waals surface area contributed by atoms with E-state index < -0.39 is 95.4 Å². The number of carbonyl (C=O) groups excluding carboxylic acids is 3. The van der Waals surface area contributed by atoms with E-state index in [4.69, 9.17) is 41.5 Å². The van der Waals surface area contributed by atoms with E-state index >= 15 is 0 Å². The molecule has 356 valence electrons. The van der Waals surface area contributed by atoms with Crippen LogP contribution in [0, 0.1) is 15.9 Å². The van der Waals surface area contributed by atoms with E-state index in [1.165, 1.54) is 42.8 Å². The summed E-state index contributed by atoms with van der Waals surface area (Å²) in [6.45, 7) is 4.98. The Morgan fingerprint density at radius 3 is 2.09 bits per heavy atom. The predicted octanol–water partition coefficient (Wildman–Crippen LogP) is 7.98. The lowest BCUT2D eigenvalue weighted by molar-refractivity contribution is -0.385. The molecule has 0 radical (unpaired) electrons. The molecule has 0 bridgehead atoms. The molecule has 2 unspecified atom stereocenters. The van der Waals surface area contributed by atoms with Crippen molar-refractivity contribution in [3.63, 3.8) is 0 Å². The van der Waals surface area contributed by atoms with Crippen molar-refractivity contribution in [3.05, 3.63) is 97.8 Å². The molecule has 2 atom stereocenters. The second-order valence-corrected chi connectivity index (χ2v) is 17.0. The van der Waals surface area contributed by atoms with Crippen LogP contribution in [-0.2, 0) is 40.8 Å². The fourth-order valence-corrected chi connectivity index (χ4v) is 6.14. The van der Waals surface area contributed by atoms with E-state index in [2.05, 4.69) is 14.9 Å². The van der Waals surface area contributed by atoms with Crippen LogP contribution >= 0.6 is 30.3 Å². The maximum absolute atomic E-state index is 13.0. The molecular weight excluding hydrogens is 954 g/mol. The maximum Gasteiger partial charge on any atom is 0.445 e. The number of esters is 2. The number of benzene rings is 3. The Balaban J connectivity index is 0.000000370. The number of carboxylic acid groups (broad SMARTS) is 1. The van der Waals surface area contributed by atoms with Gasteiger partial charge in [0.25, 0.3) is 16.8 Å². The molecule has 1 aromatic heterocycles. The number of carbonyl (C=O) groups is 4. The van der Waals surface area contributed by atoms with Crippen LogP contribution in [0.4, 0.5) is 42.1 Å². The number of rotatable bonds is 16. The van der Waals surface area contributed by atoms with E-state index in [0.717, 1.165) is 30.3 Å². The average Bonchev–Trinajstić information content (AvgIpc) is 3.70. The quantitative estimate of drug-likeness (QED) is 0.0316. The van der Waals surface area contributed by atoms with Crippen LogP contribution in [0.5, 0.6) is 16.7 Å². The third-order valence-corrected chi connectivity index (χ3v) is 9.79. The van der Waals surface area contributed by atoms with E-state index in [1.54, 1.807) is 13.8 Å². The minimum absolute atomic E-state index is 0.0412. The maximum atomic E-state index is 13.0. The van der Waals surface area contributed by atoms with Gasteiger partial charge in [-0.05, 0) is 75.7 Å². The minimum Gasteiger partial charge on any atom is -0.480 e. The van der Waals surface area contributed by atoms with Crippen molar-refractivity contribution in [1.82, 2.24) is 10.2 Å². The van der Waals surface area contributed by atoms with Crippen molar-refractivity contribution < 1.29 is 88.3 Å². The number of nitro groups is 1. The summed E-state index contributed by atoms with van der Waals surface area (Å²) in [4.78, 5) is 66.3. The van der Waals surface area contributed by atoms with Gasteiger partial charge in [0.2, 0.25) is 5.01 Å². The van der Waals surface area contributed by atoms with E-state index in [1.807, 2.05) is 0 Å². The Hall–Kier alpha value is -5.95. The molecule has 0 aliphatic heterocycles. The lowest BCUT2D eigenvalue weighted by Crippen LogP contribution is -2.40. The number of nitro benzene ring substituents is 1. The Morgan fingerprint density at radius 1 is 0.969 bits per heavy atom. The molecular formula is C37H38ClF7N5O13PS. The number of anilines is 1. The van der Waals surface area contributed by atoms with Crippen molar-refractivity contribution in [1.29, 1.82) is 0 Å². The highest BCUT2D eigenvalue weighted by molar-refractivity contribution is 7.57.